The van der Waals surface area contributed by atoms with Gasteiger partial charge in [-0.25, -0.2) is 9.97 Å². The van der Waals surface area contributed by atoms with E-state index in [1.54, 1.807) is 6.92 Å². The maximum atomic E-state index is 12.9. The Kier molecular flexibility index (Phi) is 5.11. The molecule has 2 atom stereocenters. The van der Waals surface area contributed by atoms with Crippen LogP contribution in [0.5, 0.6) is 0 Å². The third kappa shape index (κ3) is 3.88. The highest BCUT2D eigenvalue weighted by atomic mass is 19.4. The molecule has 2 aliphatic rings. The van der Waals surface area contributed by atoms with Gasteiger partial charge in [0.2, 0.25) is 0 Å². The molecule has 134 valence electrons. The van der Waals surface area contributed by atoms with Gasteiger partial charge >= 0.3 is 6.18 Å². The molecule has 7 heteroatoms. The van der Waals surface area contributed by atoms with Gasteiger partial charge in [0, 0.05) is 17.7 Å². The van der Waals surface area contributed by atoms with Crippen LogP contribution in [0.15, 0.2) is 6.07 Å². The van der Waals surface area contributed by atoms with Crippen molar-refractivity contribution in [2.24, 2.45) is 0 Å². The Labute approximate surface area is 140 Å². The lowest BCUT2D eigenvalue weighted by Crippen LogP contribution is -2.48. The number of hydrogen-bond acceptors (Lipinski definition) is 4. The number of aromatic nitrogens is 2. The number of piperidine rings is 1. The van der Waals surface area contributed by atoms with E-state index in [4.69, 9.17) is 0 Å². The molecule has 24 heavy (non-hydrogen) atoms. The van der Waals surface area contributed by atoms with E-state index in [1.807, 2.05) is 0 Å². The van der Waals surface area contributed by atoms with Crippen molar-refractivity contribution in [1.82, 2.24) is 14.9 Å². The molecule has 2 heterocycles. The molecule has 0 spiro atoms. The van der Waals surface area contributed by atoms with Gasteiger partial charge in [-0.15, -0.1) is 0 Å². The van der Waals surface area contributed by atoms with Crippen molar-refractivity contribution in [1.29, 1.82) is 0 Å². The Balaban J connectivity index is 1.67. The monoisotopic (exact) mass is 343 g/mol. The zero-order valence-electron chi connectivity index (χ0n) is 13.9. The number of hydrogen-bond donors (Lipinski definition) is 1. The van der Waals surface area contributed by atoms with Crippen molar-refractivity contribution in [2.75, 3.05) is 13.1 Å². The number of aliphatic hydroxyl groups excluding tert-OH is 1. The van der Waals surface area contributed by atoms with E-state index in [0.717, 1.165) is 57.7 Å². The summed E-state index contributed by atoms with van der Waals surface area (Å²) in [6, 6.07) is 1.20. The first-order valence-electron chi connectivity index (χ1n) is 8.69. The zero-order chi connectivity index (χ0) is 17.3. The lowest BCUT2D eigenvalue weighted by atomic mass is 9.88. The van der Waals surface area contributed by atoms with E-state index in [1.165, 1.54) is 0 Å². The number of halogens is 3. The minimum absolute atomic E-state index is 0.0389. The Morgan fingerprint density at radius 3 is 2.38 bits per heavy atom. The minimum atomic E-state index is -4.44. The van der Waals surface area contributed by atoms with Crippen molar-refractivity contribution >= 4 is 0 Å². The second kappa shape index (κ2) is 6.96. The summed E-state index contributed by atoms with van der Waals surface area (Å²) in [4.78, 5) is 10.3. The number of aliphatic hydroxyl groups is 1. The number of rotatable bonds is 2. The van der Waals surface area contributed by atoms with Crippen molar-refractivity contribution in [3.05, 3.63) is 23.3 Å². The predicted molar refractivity (Wildman–Crippen MR) is 83.6 cm³/mol. The lowest BCUT2D eigenvalue weighted by molar-refractivity contribution is -0.141. The molecule has 1 saturated heterocycles. The standard InChI is InChI=1S/C17H24F3N3O/c1-11-10-15(17(18,19)20)22-16(21-11)12-6-8-23(9-7-12)13-4-2-3-5-14(13)24/h10,12-14,24H,2-9H2,1H3/t13-,14+/m1/s1. The molecule has 1 aliphatic carbocycles. The Morgan fingerprint density at radius 1 is 1.08 bits per heavy atom. The van der Waals surface area contributed by atoms with Gasteiger partial charge in [0.15, 0.2) is 0 Å². The fourth-order valence-corrected chi connectivity index (χ4v) is 3.93. The first-order valence-corrected chi connectivity index (χ1v) is 8.69. The average Bonchev–Trinajstić information content (AvgIpc) is 2.54. The van der Waals surface area contributed by atoms with Crippen LogP contribution in [0.1, 0.15) is 61.7 Å². The summed E-state index contributed by atoms with van der Waals surface area (Å²) in [6.07, 6.45) is 0.833. The third-order valence-corrected chi connectivity index (χ3v) is 5.22. The molecular weight excluding hydrogens is 319 g/mol. The summed E-state index contributed by atoms with van der Waals surface area (Å²) in [6.45, 7) is 3.14. The van der Waals surface area contributed by atoms with E-state index in [9.17, 15) is 18.3 Å². The van der Waals surface area contributed by atoms with E-state index in [2.05, 4.69) is 14.9 Å². The quantitative estimate of drug-likeness (QED) is 0.895. The van der Waals surface area contributed by atoms with Crippen LogP contribution in [0.25, 0.3) is 0 Å². The van der Waals surface area contributed by atoms with Gasteiger partial charge in [0.25, 0.3) is 0 Å². The van der Waals surface area contributed by atoms with Crippen LogP contribution < -0.4 is 0 Å². The van der Waals surface area contributed by atoms with Crippen LogP contribution in [0, 0.1) is 6.92 Å². The molecule has 0 unspecified atom stereocenters. The normalized spacial score (nSPS) is 27.4. The van der Waals surface area contributed by atoms with Gasteiger partial charge in [-0.2, -0.15) is 13.2 Å². The SMILES string of the molecule is Cc1cc(C(F)(F)F)nc(C2CCN([C@@H]3CCCC[C@@H]3O)CC2)n1. The maximum absolute atomic E-state index is 12.9. The lowest BCUT2D eigenvalue weighted by Gasteiger charge is -2.41. The predicted octanol–water partition coefficient (Wildman–Crippen LogP) is 3.29. The first kappa shape index (κ1) is 17.6. The molecule has 2 fully saturated rings. The summed E-state index contributed by atoms with van der Waals surface area (Å²) in [5.41, 5.74) is -0.493. The van der Waals surface area contributed by atoms with Gasteiger partial charge in [-0.3, -0.25) is 4.90 Å². The number of alkyl halides is 3. The number of nitrogens with zero attached hydrogens (tertiary/aromatic N) is 3. The summed E-state index contributed by atoms with van der Waals surface area (Å²) in [5, 5.41) is 10.2. The fraction of sp³-hybridized carbons (Fsp3) is 0.765. The maximum Gasteiger partial charge on any atom is 0.433 e. The molecule has 0 radical (unpaired) electrons. The Bertz CT molecular complexity index is 571. The molecular formula is C17H24F3N3O. The summed E-state index contributed by atoms with van der Waals surface area (Å²) < 4.78 is 38.8. The molecule has 1 N–H and O–H groups in total. The second-order valence-corrected chi connectivity index (χ2v) is 6.98. The van der Waals surface area contributed by atoms with Crippen molar-refractivity contribution in [3.63, 3.8) is 0 Å². The molecule has 4 nitrogen and oxygen atoms in total. The van der Waals surface area contributed by atoms with Crippen LogP contribution in [0.2, 0.25) is 0 Å². The first-order chi connectivity index (χ1) is 11.3. The van der Waals surface area contributed by atoms with Gasteiger partial charge in [-0.1, -0.05) is 12.8 Å². The third-order valence-electron chi connectivity index (χ3n) is 5.22. The van der Waals surface area contributed by atoms with Gasteiger partial charge in [0.05, 0.1) is 6.10 Å². The highest BCUT2D eigenvalue weighted by molar-refractivity contribution is 5.15. The highest BCUT2D eigenvalue weighted by Crippen LogP contribution is 2.33. The molecule has 1 aromatic rings. The molecule has 0 aromatic carbocycles. The molecule has 1 aliphatic heterocycles. The van der Waals surface area contributed by atoms with Crippen LogP contribution in [-0.2, 0) is 6.18 Å². The topological polar surface area (TPSA) is 49.2 Å². The Morgan fingerprint density at radius 2 is 1.75 bits per heavy atom. The number of likely N-dealkylation sites (tertiary alicyclic amines) is 1. The Hall–Kier alpha value is -1.21. The van der Waals surface area contributed by atoms with Crippen LogP contribution >= 0.6 is 0 Å². The van der Waals surface area contributed by atoms with Crippen molar-refractivity contribution in [3.8, 4) is 0 Å². The largest absolute Gasteiger partial charge is 0.433 e. The number of aryl methyl sites for hydroxylation is 1. The average molecular weight is 343 g/mol. The highest BCUT2D eigenvalue weighted by Gasteiger charge is 2.36. The molecule has 0 amide bonds. The van der Waals surface area contributed by atoms with Gasteiger partial charge in [-0.05, 0) is 51.8 Å². The zero-order valence-corrected chi connectivity index (χ0v) is 13.9. The van der Waals surface area contributed by atoms with Crippen LogP contribution in [0.3, 0.4) is 0 Å². The van der Waals surface area contributed by atoms with Crippen molar-refractivity contribution < 1.29 is 18.3 Å². The summed E-state index contributed by atoms with van der Waals surface area (Å²) in [5.74, 6) is 0.272. The molecule has 1 saturated carbocycles. The second-order valence-electron chi connectivity index (χ2n) is 6.98. The molecule has 3 rings (SSSR count). The molecule has 0 bridgehead atoms. The summed E-state index contributed by atoms with van der Waals surface area (Å²) >= 11 is 0. The van der Waals surface area contributed by atoms with Crippen molar-refractivity contribution in [2.45, 2.75) is 69.7 Å². The van der Waals surface area contributed by atoms with Crippen LogP contribution in [0.4, 0.5) is 13.2 Å². The minimum Gasteiger partial charge on any atom is -0.391 e. The molecule has 1 aromatic heterocycles. The fourth-order valence-electron chi connectivity index (χ4n) is 3.93. The van der Waals surface area contributed by atoms with E-state index < -0.39 is 11.9 Å². The van der Waals surface area contributed by atoms with E-state index >= 15 is 0 Å². The van der Waals surface area contributed by atoms with Gasteiger partial charge in [0.1, 0.15) is 11.5 Å². The van der Waals surface area contributed by atoms with Crippen LogP contribution in [-0.4, -0.2) is 45.2 Å². The van der Waals surface area contributed by atoms with E-state index in [-0.39, 0.29) is 18.1 Å². The summed E-state index contributed by atoms with van der Waals surface area (Å²) in [7, 11) is 0. The van der Waals surface area contributed by atoms with E-state index in [0.29, 0.717) is 11.5 Å². The van der Waals surface area contributed by atoms with Gasteiger partial charge < -0.3 is 5.11 Å². The smallest absolute Gasteiger partial charge is 0.391 e.